The molecule has 1 amide bonds. The van der Waals surface area contributed by atoms with Crippen LogP contribution in [0.25, 0.3) is 22.0 Å². The summed E-state index contributed by atoms with van der Waals surface area (Å²) in [5.74, 6) is 1.26. The number of aryl methyl sites for hydroxylation is 2. The highest BCUT2D eigenvalue weighted by Gasteiger charge is 2.26. The van der Waals surface area contributed by atoms with Gasteiger partial charge in [0.1, 0.15) is 9.88 Å². The molecular weight excluding hydrogens is 446 g/mol. The zero-order chi connectivity index (χ0) is 23.5. The Hall–Kier alpha value is -3.36. The second kappa shape index (κ2) is 9.87. The molecule has 2 aromatic heterocycles. The summed E-state index contributed by atoms with van der Waals surface area (Å²) in [4.78, 5) is 27.3. The first-order valence-electron chi connectivity index (χ1n) is 11.6. The predicted octanol–water partition coefficient (Wildman–Crippen LogP) is 4.69. The van der Waals surface area contributed by atoms with Crippen LogP contribution in [0.4, 0.5) is 0 Å². The number of hydrogen-bond donors (Lipinski definition) is 0. The van der Waals surface area contributed by atoms with Crippen LogP contribution in [-0.4, -0.2) is 57.0 Å². The Bertz CT molecular complexity index is 1260. The van der Waals surface area contributed by atoms with Gasteiger partial charge in [-0.05, 0) is 18.9 Å². The zero-order valence-corrected chi connectivity index (χ0v) is 20.2. The SMILES string of the molecule is CCc1ccc(-c2nc(C)c(C(=O)N3CCN(Cc4nc(-c5ccccc5)no4)CC3)s2)cc1. The van der Waals surface area contributed by atoms with Crippen LogP contribution in [0, 0.1) is 6.92 Å². The van der Waals surface area contributed by atoms with Gasteiger partial charge in [-0.25, -0.2) is 4.98 Å². The van der Waals surface area contributed by atoms with E-state index in [1.165, 1.54) is 16.9 Å². The van der Waals surface area contributed by atoms with Crippen LogP contribution < -0.4 is 0 Å². The van der Waals surface area contributed by atoms with Crippen LogP contribution in [0.3, 0.4) is 0 Å². The van der Waals surface area contributed by atoms with E-state index in [1.54, 1.807) is 0 Å². The molecule has 0 unspecified atom stereocenters. The molecule has 0 atom stereocenters. The number of rotatable bonds is 6. The van der Waals surface area contributed by atoms with Crippen LogP contribution >= 0.6 is 11.3 Å². The summed E-state index contributed by atoms with van der Waals surface area (Å²) in [7, 11) is 0. The molecule has 1 aliphatic rings. The minimum Gasteiger partial charge on any atom is -0.338 e. The van der Waals surface area contributed by atoms with E-state index >= 15 is 0 Å². The van der Waals surface area contributed by atoms with Crippen LogP contribution in [0.5, 0.6) is 0 Å². The normalized spacial score (nSPS) is 14.5. The Labute approximate surface area is 203 Å². The molecule has 7 nitrogen and oxygen atoms in total. The maximum atomic E-state index is 13.2. The highest BCUT2D eigenvalue weighted by molar-refractivity contribution is 7.17. The molecule has 174 valence electrons. The molecule has 1 aliphatic heterocycles. The molecule has 3 heterocycles. The fourth-order valence-corrected chi connectivity index (χ4v) is 5.11. The number of carbonyl (C=O) groups excluding carboxylic acids is 1. The van der Waals surface area contributed by atoms with Gasteiger partial charge in [0, 0.05) is 37.3 Å². The topological polar surface area (TPSA) is 75.4 Å². The molecule has 0 N–H and O–H groups in total. The first-order valence-corrected chi connectivity index (χ1v) is 12.4. The molecule has 0 saturated carbocycles. The monoisotopic (exact) mass is 473 g/mol. The number of thiazole rings is 1. The molecule has 0 bridgehead atoms. The smallest absolute Gasteiger partial charge is 0.265 e. The molecule has 0 radical (unpaired) electrons. The highest BCUT2D eigenvalue weighted by atomic mass is 32.1. The van der Waals surface area contributed by atoms with E-state index in [4.69, 9.17) is 4.52 Å². The summed E-state index contributed by atoms with van der Waals surface area (Å²) in [6, 6.07) is 18.2. The van der Waals surface area contributed by atoms with Gasteiger partial charge < -0.3 is 9.42 Å². The Morgan fingerprint density at radius 2 is 1.71 bits per heavy atom. The number of aromatic nitrogens is 3. The number of benzene rings is 2. The summed E-state index contributed by atoms with van der Waals surface area (Å²) in [5.41, 5.74) is 4.09. The van der Waals surface area contributed by atoms with Crippen molar-refractivity contribution in [2.24, 2.45) is 0 Å². The van der Waals surface area contributed by atoms with Crippen molar-refractivity contribution in [1.29, 1.82) is 0 Å². The quantitative estimate of drug-likeness (QED) is 0.404. The molecular formula is C26H27N5O2S. The average Bonchev–Trinajstić information content (AvgIpc) is 3.51. The van der Waals surface area contributed by atoms with Crippen LogP contribution in [0.1, 0.15) is 33.7 Å². The van der Waals surface area contributed by atoms with Gasteiger partial charge in [0.15, 0.2) is 0 Å². The molecule has 0 spiro atoms. The maximum absolute atomic E-state index is 13.2. The fraction of sp³-hybridized carbons (Fsp3) is 0.308. The molecule has 5 rings (SSSR count). The van der Waals surface area contributed by atoms with Crippen LogP contribution in [-0.2, 0) is 13.0 Å². The molecule has 1 fully saturated rings. The predicted molar refractivity (Wildman–Crippen MR) is 133 cm³/mol. The van der Waals surface area contributed by atoms with Gasteiger partial charge in [-0.2, -0.15) is 4.98 Å². The summed E-state index contributed by atoms with van der Waals surface area (Å²) < 4.78 is 5.45. The van der Waals surface area contributed by atoms with E-state index in [1.807, 2.05) is 42.2 Å². The van der Waals surface area contributed by atoms with Crippen molar-refractivity contribution in [2.45, 2.75) is 26.8 Å². The van der Waals surface area contributed by atoms with E-state index in [2.05, 4.69) is 51.2 Å². The van der Waals surface area contributed by atoms with Crippen LogP contribution in [0.2, 0.25) is 0 Å². The number of amides is 1. The Morgan fingerprint density at radius 1 is 0.971 bits per heavy atom. The summed E-state index contributed by atoms with van der Waals surface area (Å²) >= 11 is 1.48. The van der Waals surface area contributed by atoms with Gasteiger partial charge in [-0.1, -0.05) is 66.7 Å². The molecule has 2 aromatic carbocycles. The summed E-state index contributed by atoms with van der Waals surface area (Å²) in [5, 5.41) is 4.99. The average molecular weight is 474 g/mol. The van der Waals surface area contributed by atoms with Gasteiger partial charge in [0.25, 0.3) is 5.91 Å². The van der Waals surface area contributed by atoms with Crippen molar-refractivity contribution in [3.8, 4) is 22.0 Å². The second-order valence-electron chi connectivity index (χ2n) is 8.43. The van der Waals surface area contributed by atoms with Gasteiger partial charge >= 0.3 is 0 Å². The number of nitrogens with zero attached hydrogens (tertiary/aromatic N) is 5. The highest BCUT2D eigenvalue weighted by Crippen LogP contribution is 2.29. The van der Waals surface area contributed by atoms with Crippen molar-refractivity contribution in [3.63, 3.8) is 0 Å². The number of carbonyl (C=O) groups is 1. The van der Waals surface area contributed by atoms with Crippen molar-refractivity contribution in [3.05, 3.63) is 76.6 Å². The summed E-state index contributed by atoms with van der Waals surface area (Å²) in [6.07, 6.45) is 1.01. The van der Waals surface area contributed by atoms with Gasteiger partial charge in [0.05, 0.1) is 12.2 Å². The molecule has 4 aromatic rings. The minimum absolute atomic E-state index is 0.0650. The van der Waals surface area contributed by atoms with Gasteiger partial charge in [-0.3, -0.25) is 9.69 Å². The van der Waals surface area contributed by atoms with E-state index in [0.717, 1.165) is 46.2 Å². The van der Waals surface area contributed by atoms with E-state index < -0.39 is 0 Å². The van der Waals surface area contributed by atoms with E-state index in [0.29, 0.717) is 31.3 Å². The minimum atomic E-state index is 0.0650. The molecule has 0 aliphatic carbocycles. The lowest BCUT2D eigenvalue weighted by molar-refractivity contribution is 0.0619. The van der Waals surface area contributed by atoms with Gasteiger partial charge in [-0.15, -0.1) is 11.3 Å². The molecule has 1 saturated heterocycles. The fourth-order valence-electron chi connectivity index (χ4n) is 4.07. The second-order valence-corrected chi connectivity index (χ2v) is 9.43. The van der Waals surface area contributed by atoms with Crippen molar-refractivity contribution in [1.82, 2.24) is 24.9 Å². The van der Waals surface area contributed by atoms with Crippen molar-refractivity contribution < 1.29 is 9.32 Å². The first-order chi connectivity index (χ1) is 16.6. The van der Waals surface area contributed by atoms with E-state index in [-0.39, 0.29) is 5.91 Å². The largest absolute Gasteiger partial charge is 0.338 e. The third kappa shape index (κ3) is 4.78. The van der Waals surface area contributed by atoms with Crippen molar-refractivity contribution >= 4 is 17.2 Å². The third-order valence-electron chi connectivity index (χ3n) is 6.12. The molecule has 8 heteroatoms. The maximum Gasteiger partial charge on any atom is 0.265 e. The summed E-state index contributed by atoms with van der Waals surface area (Å²) in [6.45, 7) is 7.49. The van der Waals surface area contributed by atoms with Crippen molar-refractivity contribution in [2.75, 3.05) is 26.2 Å². The molecule has 34 heavy (non-hydrogen) atoms. The number of piperazine rings is 1. The lowest BCUT2D eigenvalue weighted by atomic mass is 10.1. The van der Waals surface area contributed by atoms with E-state index in [9.17, 15) is 4.79 Å². The van der Waals surface area contributed by atoms with Crippen LogP contribution in [0.15, 0.2) is 59.1 Å². The Balaban J connectivity index is 1.19. The standard InChI is InChI=1S/C26H27N5O2S/c1-3-19-9-11-21(12-10-19)25-27-18(2)23(34-25)26(32)31-15-13-30(14-16-31)17-22-28-24(29-33-22)20-7-5-4-6-8-20/h4-12H,3,13-17H2,1-2H3. The third-order valence-corrected chi connectivity index (χ3v) is 7.31. The Kier molecular flexibility index (Phi) is 6.51. The lowest BCUT2D eigenvalue weighted by Gasteiger charge is -2.33. The Morgan fingerprint density at radius 3 is 2.41 bits per heavy atom. The number of hydrogen-bond acceptors (Lipinski definition) is 7. The lowest BCUT2D eigenvalue weighted by Crippen LogP contribution is -2.48. The zero-order valence-electron chi connectivity index (χ0n) is 19.4. The van der Waals surface area contributed by atoms with Gasteiger partial charge in [0.2, 0.25) is 11.7 Å². The first kappa shape index (κ1) is 22.4.